The van der Waals surface area contributed by atoms with E-state index in [1.54, 1.807) is 30.2 Å². The molecule has 2 aromatic heterocycles. The molecule has 2 amide bonds. The van der Waals surface area contributed by atoms with Gasteiger partial charge >= 0.3 is 0 Å². The van der Waals surface area contributed by atoms with Gasteiger partial charge in [0.2, 0.25) is 5.91 Å². The van der Waals surface area contributed by atoms with Crippen molar-refractivity contribution in [2.24, 2.45) is 0 Å². The summed E-state index contributed by atoms with van der Waals surface area (Å²) in [5.74, 6) is 2.39. The molecule has 6 nitrogen and oxygen atoms in total. The van der Waals surface area contributed by atoms with Gasteiger partial charge in [0.15, 0.2) is 0 Å². The van der Waals surface area contributed by atoms with Gasteiger partial charge < -0.3 is 14.6 Å². The Hall–Kier alpha value is -2.65. The second kappa shape index (κ2) is 11.5. The minimum Gasteiger partial charge on any atom is -0.468 e. The highest BCUT2D eigenvalue weighted by molar-refractivity contribution is 7.98. The lowest BCUT2D eigenvalue weighted by Crippen LogP contribution is -2.38. The number of carbonyl (C=O) groups excluding carboxylic acids is 2. The van der Waals surface area contributed by atoms with E-state index in [9.17, 15) is 14.0 Å². The van der Waals surface area contributed by atoms with Crippen molar-refractivity contribution in [3.8, 4) is 0 Å². The predicted molar refractivity (Wildman–Crippen MR) is 128 cm³/mol. The van der Waals surface area contributed by atoms with E-state index in [1.165, 1.54) is 23.5 Å². The summed E-state index contributed by atoms with van der Waals surface area (Å²) in [6.45, 7) is 1.91. The van der Waals surface area contributed by atoms with Gasteiger partial charge in [0.1, 0.15) is 17.3 Å². The second-order valence-corrected chi connectivity index (χ2v) is 9.91. The highest BCUT2D eigenvalue weighted by atomic mass is 32.2. The average molecular weight is 488 g/mol. The van der Waals surface area contributed by atoms with E-state index in [2.05, 4.69) is 10.3 Å². The number of carbonyl (C=O) groups is 2. The van der Waals surface area contributed by atoms with Crippen LogP contribution in [0.5, 0.6) is 0 Å². The molecular formula is C24H26FN3O3S2. The third-order valence-corrected chi connectivity index (χ3v) is 7.57. The van der Waals surface area contributed by atoms with E-state index in [4.69, 9.17) is 4.42 Å². The van der Waals surface area contributed by atoms with E-state index in [0.29, 0.717) is 25.3 Å². The van der Waals surface area contributed by atoms with E-state index in [1.807, 2.05) is 22.4 Å². The monoisotopic (exact) mass is 487 g/mol. The minimum atomic E-state index is -0.299. The molecule has 0 radical (unpaired) electrons. The van der Waals surface area contributed by atoms with Gasteiger partial charge in [-0.2, -0.15) is 11.8 Å². The Balaban J connectivity index is 1.18. The van der Waals surface area contributed by atoms with Crippen molar-refractivity contribution in [2.45, 2.75) is 30.9 Å². The summed E-state index contributed by atoms with van der Waals surface area (Å²) in [5.41, 5.74) is 1.28. The zero-order chi connectivity index (χ0) is 23.0. The molecule has 3 aromatic rings. The molecule has 0 aliphatic carbocycles. The van der Waals surface area contributed by atoms with E-state index in [-0.39, 0.29) is 30.0 Å². The van der Waals surface area contributed by atoms with Crippen LogP contribution in [0.15, 0.2) is 52.5 Å². The van der Waals surface area contributed by atoms with Crippen LogP contribution >= 0.6 is 23.1 Å². The van der Waals surface area contributed by atoms with Gasteiger partial charge in [0.05, 0.1) is 23.4 Å². The quantitative estimate of drug-likeness (QED) is 0.450. The largest absolute Gasteiger partial charge is 0.468 e. The van der Waals surface area contributed by atoms with Crippen LogP contribution in [0.25, 0.3) is 0 Å². The number of hydrogen-bond donors (Lipinski definition) is 1. The van der Waals surface area contributed by atoms with Crippen LogP contribution in [0, 0.1) is 5.82 Å². The standard InChI is InChI=1S/C24H26FN3O3S2/c25-19-5-3-17(4-6-19)14-22(29)28-10-7-18(8-11-28)24-27-21(16-33-24)23(30)26-9-13-32-15-20-2-1-12-31-20/h1-6,12,16,18H,7-11,13-15H2,(H,26,30). The molecule has 1 aromatic carbocycles. The number of rotatable bonds is 9. The maximum Gasteiger partial charge on any atom is 0.270 e. The number of amides is 2. The van der Waals surface area contributed by atoms with Crippen LogP contribution in [0.3, 0.4) is 0 Å². The lowest BCUT2D eigenvalue weighted by Gasteiger charge is -2.31. The normalized spacial score (nSPS) is 14.4. The van der Waals surface area contributed by atoms with Gasteiger partial charge in [0, 0.05) is 36.7 Å². The van der Waals surface area contributed by atoms with Crippen molar-refractivity contribution in [2.75, 3.05) is 25.4 Å². The first-order valence-corrected chi connectivity index (χ1v) is 13.0. The Morgan fingerprint density at radius 1 is 1.21 bits per heavy atom. The highest BCUT2D eigenvalue weighted by Gasteiger charge is 2.26. The first-order valence-electron chi connectivity index (χ1n) is 10.9. The number of hydrogen-bond acceptors (Lipinski definition) is 6. The number of furan rings is 1. The molecule has 0 saturated carbocycles. The first-order chi connectivity index (χ1) is 16.1. The van der Waals surface area contributed by atoms with Gasteiger partial charge in [-0.1, -0.05) is 12.1 Å². The van der Waals surface area contributed by atoms with Gasteiger partial charge in [-0.3, -0.25) is 9.59 Å². The molecule has 1 N–H and O–H groups in total. The van der Waals surface area contributed by atoms with Crippen LogP contribution in [-0.4, -0.2) is 47.1 Å². The SMILES string of the molecule is O=C(NCCSCc1ccco1)c1csc(C2CCN(C(=O)Cc3ccc(F)cc3)CC2)n1. The summed E-state index contributed by atoms with van der Waals surface area (Å²) >= 11 is 3.22. The maximum atomic E-state index is 13.0. The number of nitrogens with zero attached hydrogens (tertiary/aromatic N) is 2. The topological polar surface area (TPSA) is 75.4 Å². The number of nitrogens with one attached hydrogen (secondary N) is 1. The Morgan fingerprint density at radius 2 is 2.00 bits per heavy atom. The first kappa shape index (κ1) is 23.5. The number of aromatic nitrogens is 1. The molecule has 0 atom stereocenters. The molecule has 33 heavy (non-hydrogen) atoms. The fourth-order valence-corrected chi connectivity index (χ4v) is 5.47. The minimum absolute atomic E-state index is 0.0594. The van der Waals surface area contributed by atoms with Gasteiger partial charge in [-0.15, -0.1) is 11.3 Å². The van der Waals surface area contributed by atoms with Crippen molar-refractivity contribution in [1.82, 2.24) is 15.2 Å². The lowest BCUT2D eigenvalue weighted by molar-refractivity contribution is -0.131. The molecule has 174 valence electrons. The van der Waals surface area contributed by atoms with E-state index >= 15 is 0 Å². The Labute approximate surface area is 200 Å². The summed E-state index contributed by atoms with van der Waals surface area (Å²) in [5, 5.41) is 5.69. The van der Waals surface area contributed by atoms with Crippen molar-refractivity contribution in [1.29, 1.82) is 0 Å². The zero-order valence-corrected chi connectivity index (χ0v) is 19.8. The van der Waals surface area contributed by atoms with Crippen LogP contribution in [0.1, 0.15) is 45.6 Å². The number of thiazole rings is 1. The highest BCUT2D eigenvalue weighted by Crippen LogP contribution is 2.30. The molecule has 1 aliphatic heterocycles. The molecule has 0 bridgehead atoms. The van der Waals surface area contributed by atoms with Crippen LogP contribution in [0.4, 0.5) is 4.39 Å². The molecule has 1 saturated heterocycles. The Bertz CT molecular complexity index is 1050. The Kier molecular flexibility index (Phi) is 8.17. The number of piperidine rings is 1. The second-order valence-electron chi connectivity index (χ2n) is 7.92. The molecule has 0 unspecified atom stereocenters. The van der Waals surface area contributed by atoms with Crippen LogP contribution < -0.4 is 5.32 Å². The number of thioether (sulfide) groups is 1. The van der Waals surface area contributed by atoms with Gasteiger partial charge in [-0.05, 0) is 42.7 Å². The van der Waals surface area contributed by atoms with E-state index < -0.39 is 0 Å². The predicted octanol–water partition coefficient (Wildman–Crippen LogP) is 4.49. The van der Waals surface area contributed by atoms with E-state index in [0.717, 1.165) is 40.7 Å². The smallest absolute Gasteiger partial charge is 0.270 e. The molecular weight excluding hydrogens is 461 g/mol. The summed E-state index contributed by atoms with van der Waals surface area (Å²) in [6, 6.07) is 9.87. The third kappa shape index (κ3) is 6.68. The van der Waals surface area contributed by atoms with Crippen molar-refractivity contribution in [3.63, 3.8) is 0 Å². The van der Waals surface area contributed by atoms with Crippen LogP contribution in [-0.2, 0) is 17.0 Å². The molecule has 3 heterocycles. The molecule has 9 heteroatoms. The van der Waals surface area contributed by atoms with Crippen molar-refractivity contribution >= 4 is 34.9 Å². The molecule has 1 aliphatic rings. The number of benzene rings is 1. The molecule has 0 spiro atoms. The third-order valence-electron chi connectivity index (χ3n) is 5.58. The van der Waals surface area contributed by atoms with Gasteiger partial charge in [-0.25, -0.2) is 9.37 Å². The fraction of sp³-hybridized carbons (Fsp3) is 0.375. The number of halogens is 1. The summed E-state index contributed by atoms with van der Waals surface area (Å²) in [7, 11) is 0. The summed E-state index contributed by atoms with van der Waals surface area (Å²) in [4.78, 5) is 31.4. The summed E-state index contributed by atoms with van der Waals surface area (Å²) < 4.78 is 18.3. The lowest BCUT2D eigenvalue weighted by atomic mass is 9.97. The molecule has 4 rings (SSSR count). The van der Waals surface area contributed by atoms with Crippen molar-refractivity contribution in [3.05, 3.63) is 75.9 Å². The molecule has 1 fully saturated rings. The number of likely N-dealkylation sites (tertiary alicyclic amines) is 1. The maximum absolute atomic E-state index is 13.0. The average Bonchev–Trinajstić information content (AvgIpc) is 3.53. The zero-order valence-electron chi connectivity index (χ0n) is 18.2. The fourth-order valence-electron chi connectivity index (χ4n) is 3.74. The van der Waals surface area contributed by atoms with Crippen molar-refractivity contribution < 1.29 is 18.4 Å². The Morgan fingerprint density at radius 3 is 2.73 bits per heavy atom. The van der Waals surface area contributed by atoms with Crippen LogP contribution in [0.2, 0.25) is 0 Å². The van der Waals surface area contributed by atoms with Gasteiger partial charge in [0.25, 0.3) is 5.91 Å². The summed E-state index contributed by atoms with van der Waals surface area (Å²) in [6.07, 6.45) is 3.60.